The first kappa shape index (κ1) is 13.8. The molecule has 1 saturated carbocycles. The summed E-state index contributed by atoms with van der Waals surface area (Å²) in [6, 6.07) is 4.20. The van der Waals surface area contributed by atoms with Gasteiger partial charge in [0.05, 0.1) is 6.61 Å². The van der Waals surface area contributed by atoms with Crippen molar-refractivity contribution in [3.05, 3.63) is 35.1 Å². The van der Waals surface area contributed by atoms with Crippen LogP contribution in [0, 0.1) is 11.7 Å². The van der Waals surface area contributed by atoms with Crippen LogP contribution in [-0.4, -0.2) is 17.6 Å². The van der Waals surface area contributed by atoms with E-state index in [9.17, 15) is 4.39 Å². The zero-order valence-corrected chi connectivity index (χ0v) is 10.8. The summed E-state index contributed by atoms with van der Waals surface area (Å²) in [4.78, 5) is 0. The molecule has 1 aliphatic rings. The van der Waals surface area contributed by atoms with Crippen LogP contribution in [0.15, 0.2) is 23.4 Å². The summed E-state index contributed by atoms with van der Waals surface area (Å²) in [6.07, 6.45) is 5.00. The van der Waals surface area contributed by atoms with Gasteiger partial charge in [0, 0.05) is 12.2 Å². The highest BCUT2D eigenvalue weighted by Gasteiger charge is 2.16. The molecule has 0 aliphatic heterocycles. The minimum absolute atomic E-state index is 0.0999. The number of rotatable bonds is 6. The number of nitrogens with zero attached hydrogens (tertiary/aromatic N) is 1. The van der Waals surface area contributed by atoms with E-state index in [0.29, 0.717) is 18.8 Å². The summed E-state index contributed by atoms with van der Waals surface area (Å²) >= 11 is 0. The van der Waals surface area contributed by atoms with Crippen LogP contribution in [0.25, 0.3) is 0 Å². The largest absolute Gasteiger partial charge is 0.409 e. The minimum Gasteiger partial charge on any atom is -0.409 e. The summed E-state index contributed by atoms with van der Waals surface area (Å²) in [5, 5.41) is 11.6. The molecular formula is C14H19FN2O2. The monoisotopic (exact) mass is 266 g/mol. The maximum atomic E-state index is 13.2. The van der Waals surface area contributed by atoms with E-state index in [4.69, 9.17) is 15.7 Å². The standard InChI is InChI=1S/C14H19FN2O2/c15-12-5-4-11(13(8-12)14(16)17-18)9-19-7-6-10-2-1-3-10/h4-5,8,10,18H,1-3,6-7,9H2,(H2,16,17). The Hall–Kier alpha value is -1.62. The van der Waals surface area contributed by atoms with Crippen LogP contribution in [0.3, 0.4) is 0 Å². The van der Waals surface area contributed by atoms with Crippen LogP contribution < -0.4 is 5.73 Å². The molecule has 0 spiro atoms. The van der Waals surface area contributed by atoms with Gasteiger partial charge in [0.1, 0.15) is 5.82 Å². The highest BCUT2D eigenvalue weighted by Crippen LogP contribution is 2.29. The molecule has 1 fully saturated rings. The lowest BCUT2D eigenvalue weighted by Gasteiger charge is -2.24. The fraction of sp³-hybridized carbons (Fsp3) is 0.500. The second-order valence-corrected chi connectivity index (χ2v) is 4.92. The third-order valence-electron chi connectivity index (χ3n) is 3.61. The predicted molar refractivity (Wildman–Crippen MR) is 70.5 cm³/mol. The fourth-order valence-electron chi connectivity index (χ4n) is 2.18. The Balaban J connectivity index is 1.91. The van der Waals surface area contributed by atoms with Crippen molar-refractivity contribution >= 4 is 5.84 Å². The van der Waals surface area contributed by atoms with Crippen molar-refractivity contribution in [1.82, 2.24) is 0 Å². The number of halogens is 1. The summed E-state index contributed by atoms with van der Waals surface area (Å²) in [6.45, 7) is 1.04. The molecule has 0 heterocycles. The number of nitrogens with two attached hydrogens (primary N) is 1. The van der Waals surface area contributed by atoms with E-state index in [2.05, 4.69) is 5.16 Å². The van der Waals surface area contributed by atoms with Crippen LogP contribution in [0.2, 0.25) is 0 Å². The first-order chi connectivity index (χ1) is 9.20. The Labute approximate surface area is 112 Å². The van der Waals surface area contributed by atoms with Crippen LogP contribution in [0.4, 0.5) is 4.39 Å². The van der Waals surface area contributed by atoms with Crippen molar-refractivity contribution in [2.75, 3.05) is 6.61 Å². The molecule has 1 aromatic rings. The molecule has 1 aromatic carbocycles. The third-order valence-corrected chi connectivity index (χ3v) is 3.61. The topological polar surface area (TPSA) is 67.8 Å². The predicted octanol–water partition coefficient (Wildman–Crippen LogP) is 2.63. The zero-order valence-electron chi connectivity index (χ0n) is 10.8. The Kier molecular flexibility index (Phi) is 4.74. The number of oxime groups is 1. The minimum atomic E-state index is -0.417. The van der Waals surface area contributed by atoms with Crippen molar-refractivity contribution < 1.29 is 14.3 Å². The van der Waals surface area contributed by atoms with Crippen LogP contribution >= 0.6 is 0 Å². The van der Waals surface area contributed by atoms with Crippen molar-refractivity contribution in [3.63, 3.8) is 0 Å². The maximum Gasteiger partial charge on any atom is 0.170 e. The molecule has 4 nitrogen and oxygen atoms in total. The second kappa shape index (κ2) is 6.52. The Morgan fingerprint density at radius 2 is 2.26 bits per heavy atom. The SMILES string of the molecule is N/C(=N/O)c1cc(F)ccc1COCCC1CCC1. The molecule has 0 saturated heterocycles. The first-order valence-corrected chi connectivity index (χ1v) is 6.54. The molecule has 3 N–H and O–H groups in total. The van der Waals surface area contributed by atoms with Gasteiger partial charge in [-0.25, -0.2) is 4.39 Å². The van der Waals surface area contributed by atoms with Gasteiger partial charge in [-0.3, -0.25) is 0 Å². The molecule has 0 aromatic heterocycles. The Morgan fingerprint density at radius 1 is 1.47 bits per heavy atom. The lowest BCUT2D eigenvalue weighted by molar-refractivity contribution is 0.0948. The average Bonchev–Trinajstić information content (AvgIpc) is 2.37. The van der Waals surface area contributed by atoms with Gasteiger partial charge in [-0.2, -0.15) is 0 Å². The average molecular weight is 266 g/mol. The Morgan fingerprint density at radius 3 is 2.89 bits per heavy atom. The van der Waals surface area contributed by atoms with Crippen molar-refractivity contribution in [3.8, 4) is 0 Å². The van der Waals surface area contributed by atoms with E-state index < -0.39 is 5.82 Å². The molecule has 5 heteroatoms. The molecule has 19 heavy (non-hydrogen) atoms. The summed E-state index contributed by atoms with van der Waals surface area (Å²) in [5.41, 5.74) is 6.63. The van der Waals surface area contributed by atoms with E-state index in [1.165, 1.54) is 31.4 Å². The first-order valence-electron chi connectivity index (χ1n) is 6.54. The summed E-state index contributed by atoms with van der Waals surface area (Å²) < 4.78 is 18.7. The van der Waals surface area contributed by atoms with Crippen molar-refractivity contribution in [2.45, 2.75) is 32.3 Å². The van der Waals surface area contributed by atoms with Crippen molar-refractivity contribution in [1.29, 1.82) is 0 Å². The number of benzene rings is 1. The van der Waals surface area contributed by atoms with Crippen LogP contribution in [0.5, 0.6) is 0 Å². The van der Waals surface area contributed by atoms with Crippen LogP contribution in [0.1, 0.15) is 36.8 Å². The van der Waals surface area contributed by atoms with Gasteiger partial charge < -0.3 is 15.7 Å². The van der Waals surface area contributed by atoms with E-state index in [0.717, 1.165) is 17.9 Å². The smallest absolute Gasteiger partial charge is 0.170 e. The van der Waals surface area contributed by atoms with Gasteiger partial charge in [0.15, 0.2) is 5.84 Å². The molecule has 0 unspecified atom stereocenters. The third kappa shape index (κ3) is 3.67. The molecule has 1 aliphatic carbocycles. The van der Waals surface area contributed by atoms with E-state index >= 15 is 0 Å². The maximum absolute atomic E-state index is 13.2. The summed E-state index contributed by atoms with van der Waals surface area (Å²) in [7, 11) is 0. The van der Waals surface area contributed by atoms with E-state index in [-0.39, 0.29) is 5.84 Å². The molecule has 0 bridgehead atoms. The van der Waals surface area contributed by atoms with Gasteiger partial charge in [-0.15, -0.1) is 0 Å². The van der Waals surface area contributed by atoms with Gasteiger partial charge >= 0.3 is 0 Å². The number of hydrogen-bond acceptors (Lipinski definition) is 3. The normalized spacial score (nSPS) is 16.4. The molecule has 0 radical (unpaired) electrons. The molecule has 2 rings (SSSR count). The van der Waals surface area contributed by atoms with Gasteiger partial charge in [0.2, 0.25) is 0 Å². The highest BCUT2D eigenvalue weighted by molar-refractivity contribution is 5.98. The number of hydrogen-bond donors (Lipinski definition) is 2. The van der Waals surface area contributed by atoms with Gasteiger partial charge in [-0.1, -0.05) is 30.5 Å². The molecule has 0 atom stereocenters. The van der Waals surface area contributed by atoms with E-state index in [1.54, 1.807) is 6.07 Å². The van der Waals surface area contributed by atoms with Crippen LogP contribution in [-0.2, 0) is 11.3 Å². The fourth-order valence-corrected chi connectivity index (χ4v) is 2.18. The summed E-state index contributed by atoms with van der Waals surface area (Å²) in [5.74, 6) is 0.286. The van der Waals surface area contributed by atoms with Gasteiger partial charge in [0.25, 0.3) is 0 Å². The van der Waals surface area contributed by atoms with Crippen molar-refractivity contribution in [2.24, 2.45) is 16.8 Å². The highest BCUT2D eigenvalue weighted by atomic mass is 19.1. The molecule has 104 valence electrons. The lowest BCUT2D eigenvalue weighted by atomic mass is 9.83. The number of ether oxygens (including phenoxy) is 1. The second-order valence-electron chi connectivity index (χ2n) is 4.92. The quantitative estimate of drug-likeness (QED) is 0.273. The molecule has 0 amide bonds. The van der Waals surface area contributed by atoms with E-state index in [1.807, 2.05) is 0 Å². The number of amidine groups is 1. The Bertz CT molecular complexity index is 459. The zero-order chi connectivity index (χ0) is 13.7. The molecular weight excluding hydrogens is 247 g/mol. The lowest BCUT2D eigenvalue weighted by Crippen LogP contribution is -2.17. The van der Waals surface area contributed by atoms with Gasteiger partial charge in [-0.05, 0) is 30.0 Å².